The van der Waals surface area contributed by atoms with Crippen molar-refractivity contribution in [1.82, 2.24) is 4.90 Å². The predicted molar refractivity (Wildman–Crippen MR) is 71.5 cm³/mol. The molecule has 0 aromatic heterocycles. The quantitative estimate of drug-likeness (QED) is 0.840. The van der Waals surface area contributed by atoms with Gasteiger partial charge in [0.2, 0.25) is 0 Å². The van der Waals surface area contributed by atoms with Crippen LogP contribution in [0.5, 0.6) is 5.75 Å². The van der Waals surface area contributed by atoms with Gasteiger partial charge >= 0.3 is 12.6 Å². The molecule has 1 amide bonds. The van der Waals surface area contributed by atoms with E-state index in [4.69, 9.17) is 5.11 Å². The second-order valence-electron chi connectivity index (χ2n) is 4.64. The zero-order chi connectivity index (χ0) is 16.0. The zero-order valence-electron chi connectivity index (χ0n) is 11.8. The maximum atomic E-state index is 12.3. The molecule has 21 heavy (non-hydrogen) atoms. The largest absolute Gasteiger partial charge is 0.481 e. The number of carbonyl (C=O) groups excluding carboxylic acids is 1. The number of alkyl halides is 2. The van der Waals surface area contributed by atoms with Crippen LogP contribution in [0.25, 0.3) is 0 Å². The maximum Gasteiger partial charge on any atom is 0.387 e. The summed E-state index contributed by atoms with van der Waals surface area (Å²) in [5, 5.41) is 8.70. The number of carboxylic acid groups (broad SMARTS) is 1. The number of rotatable bonds is 7. The Morgan fingerprint density at radius 2 is 2.00 bits per heavy atom. The molecule has 0 unspecified atom stereocenters. The van der Waals surface area contributed by atoms with E-state index in [1.807, 2.05) is 0 Å². The van der Waals surface area contributed by atoms with E-state index < -0.39 is 18.5 Å². The van der Waals surface area contributed by atoms with Crippen LogP contribution in [0.2, 0.25) is 0 Å². The molecule has 0 aliphatic rings. The van der Waals surface area contributed by atoms with E-state index in [0.29, 0.717) is 0 Å². The first-order valence-electron chi connectivity index (χ1n) is 6.39. The van der Waals surface area contributed by atoms with Gasteiger partial charge in [-0.3, -0.25) is 9.59 Å². The third-order valence-electron chi connectivity index (χ3n) is 2.76. The Kier molecular flexibility index (Phi) is 6.08. The Hall–Kier alpha value is -2.18. The number of nitrogens with zero attached hydrogens (tertiary/aromatic N) is 1. The minimum Gasteiger partial charge on any atom is -0.481 e. The van der Waals surface area contributed by atoms with E-state index in [1.54, 1.807) is 13.8 Å². The molecular weight excluding hydrogens is 284 g/mol. The van der Waals surface area contributed by atoms with Crippen LogP contribution in [0.1, 0.15) is 30.6 Å². The van der Waals surface area contributed by atoms with Gasteiger partial charge in [0, 0.05) is 18.2 Å². The minimum absolute atomic E-state index is 0.0474. The predicted octanol–water partition coefficient (Wildman–Crippen LogP) is 2.61. The Balaban J connectivity index is 2.90. The summed E-state index contributed by atoms with van der Waals surface area (Å²) in [6, 6.07) is 5.22. The zero-order valence-corrected chi connectivity index (χ0v) is 11.8. The highest BCUT2D eigenvalue weighted by molar-refractivity contribution is 5.95. The third-order valence-corrected chi connectivity index (χ3v) is 2.76. The van der Waals surface area contributed by atoms with Gasteiger partial charge in [0.25, 0.3) is 5.91 Å². The Bertz CT molecular complexity index is 506. The monoisotopic (exact) mass is 301 g/mol. The van der Waals surface area contributed by atoms with E-state index in [-0.39, 0.29) is 30.3 Å². The number of hydrogen-bond donors (Lipinski definition) is 1. The van der Waals surface area contributed by atoms with Crippen molar-refractivity contribution in [2.45, 2.75) is 32.9 Å². The average Bonchev–Trinajstić information content (AvgIpc) is 2.37. The molecule has 0 bridgehead atoms. The fraction of sp³-hybridized carbons (Fsp3) is 0.429. The lowest BCUT2D eigenvalue weighted by atomic mass is 10.1. The molecule has 1 rings (SSSR count). The van der Waals surface area contributed by atoms with Gasteiger partial charge in [-0.1, -0.05) is 6.07 Å². The van der Waals surface area contributed by atoms with Crippen molar-refractivity contribution in [2.24, 2.45) is 0 Å². The maximum absolute atomic E-state index is 12.3. The van der Waals surface area contributed by atoms with Gasteiger partial charge in [-0.05, 0) is 32.0 Å². The Morgan fingerprint density at radius 3 is 2.52 bits per heavy atom. The highest BCUT2D eigenvalue weighted by Gasteiger charge is 2.20. The number of halogens is 2. The molecule has 1 aromatic rings. The number of hydrogen-bond acceptors (Lipinski definition) is 3. The van der Waals surface area contributed by atoms with Crippen LogP contribution in [0.3, 0.4) is 0 Å². The normalized spacial score (nSPS) is 10.8. The molecule has 0 fully saturated rings. The van der Waals surface area contributed by atoms with E-state index >= 15 is 0 Å². The van der Waals surface area contributed by atoms with E-state index in [0.717, 1.165) is 0 Å². The van der Waals surface area contributed by atoms with Crippen LogP contribution < -0.4 is 4.74 Å². The first-order chi connectivity index (χ1) is 9.81. The van der Waals surface area contributed by atoms with Crippen molar-refractivity contribution in [3.63, 3.8) is 0 Å². The fourth-order valence-electron chi connectivity index (χ4n) is 1.78. The van der Waals surface area contributed by atoms with Gasteiger partial charge in [0.05, 0.1) is 6.42 Å². The van der Waals surface area contributed by atoms with Crippen LogP contribution in [0, 0.1) is 0 Å². The van der Waals surface area contributed by atoms with Gasteiger partial charge in [0.15, 0.2) is 0 Å². The molecule has 7 heteroatoms. The number of carbonyl (C=O) groups is 2. The molecule has 0 atom stereocenters. The van der Waals surface area contributed by atoms with Gasteiger partial charge < -0.3 is 14.7 Å². The van der Waals surface area contributed by atoms with Crippen molar-refractivity contribution in [3.8, 4) is 5.75 Å². The SMILES string of the molecule is CC(C)N(CCC(=O)O)C(=O)c1cccc(OC(F)F)c1. The molecule has 116 valence electrons. The van der Waals surface area contributed by atoms with Crippen LogP contribution in [-0.4, -0.2) is 41.1 Å². The van der Waals surface area contributed by atoms with Crippen LogP contribution in [0.4, 0.5) is 8.78 Å². The van der Waals surface area contributed by atoms with Crippen LogP contribution in [0.15, 0.2) is 24.3 Å². The average molecular weight is 301 g/mol. The number of ether oxygens (including phenoxy) is 1. The third kappa shape index (κ3) is 5.37. The summed E-state index contributed by atoms with van der Waals surface area (Å²) < 4.78 is 28.6. The van der Waals surface area contributed by atoms with Crippen molar-refractivity contribution in [3.05, 3.63) is 29.8 Å². The first-order valence-corrected chi connectivity index (χ1v) is 6.39. The number of amides is 1. The molecule has 0 saturated carbocycles. The summed E-state index contributed by atoms with van der Waals surface area (Å²) >= 11 is 0. The second-order valence-corrected chi connectivity index (χ2v) is 4.64. The summed E-state index contributed by atoms with van der Waals surface area (Å²) in [5.74, 6) is -1.55. The highest BCUT2D eigenvalue weighted by Crippen LogP contribution is 2.18. The second kappa shape index (κ2) is 7.56. The summed E-state index contributed by atoms with van der Waals surface area (Å²) in [6.07, 6.45) is -0.183. The molecule has 0 radical (unpaired) electrons. The Morgan fingerprint density at radius 1 is 1.33 bits per heavy atom. The van der Waals surface area contributed by atoms with E-state index in [9.17, 15) is 18.4 Å². The highest BCUT2D eigenvalue weighted by atomic mass is 19.3. The van der Waals surface area contributed by atoms with Crippen LogP contribution in [-0.2, 0) is 4.79 Å². The summed E-state index contributed by atoms with van der Waals surface area (Å²) in [4.78, 5) is 24.3. The lowest BCUT2D eigenvalue weighted by molar-refractivity contribution is -0.137. The van der Waals surface area contributed by atoms with Crippen molar-refractivity contribution < 1.29 is 28.2 Å². The molecule has 0 heterocycles. The van der Waals surface area contributed by atoms with Crippen LogP contribution >= 0.6 is 0 Å². The molecule has 0 aliphatic heterocycles. The van der Waals surface area contributed by atoms with E-state index in [2.05, 4.69) is 4.74 Å². The van der Waals surface area contributed by atoms with Gasteiger partial charge in [0.1, 0.15) is 5.75 Å². The lowest BCUT2D eigenvalue weighted by Gasteiger charge is -2.26. The smallest absolute Gasteiger partial charge is 0.387 e. The fourth-order valence-corrected chi connectivity index (χ4v) is 1.78. The molecule has 5 nitrogen and oxygen atoms in total. The van der Waals surface area contributed by atoms with Crippen molar-refractivity contribution in [2.75, 3.05) is 6.54 Å². The number of benzene rings is 1. The topological polar surface area (TPSA) is 66.8 Å². The molecule has 1 aromatic carbocycles. The Labute approximate surface area is 121 Å². The first kappa shape index (κ1) is 16.9. The van der Waals surface area contributed by atoms with Crippen molar-refractivity contribution in [1.29, 1.82) is 0 Å². The summed E-state index contributed by atoms with van der Waals surface area (Å²) in [7, 11) is 0. The summed E-state index contributed by atoms with van der Waals surface area (Å²) in [5.41, 5.74) is 0.173. The molecule has 0 saturated heterocycles. The summed E-state index contributed by atoms with van der Waals surface area (Å²) in [6.45, 7) is 0.577. The number of carboxylic acids is 1. The van der Waals surface area contributed by atoms with Gasteiger partial charge in [-0.25, -0.2) is 0 Å². The van der Waals surface area contributed by atoms with Gasteiger partial charge in [-0.15, -0.1) is 0 Å². The van der Waals surface area contributed by atoms with Gasteiger partial charge in [-0.2, -0.15) is 8.78 Å². The molecule has 0 aliphatic carbocycles. The van der Waals surface area contributed by atoms with E-state index in [1.165, 1.54) is 29.2 Å². The molecule has 0 spiro atoms. The van der Waals surface area contributed by atoms with Crippen molar-refractivity contribution >= 4 is 11.9 Å². The number of aliphatic carboxylic acids is 1. The minimum atomic E-state index is -2.97. The lowest BCUT2D eigenvalue weighted by Crippen LogP contribution is -2.38. The molecule has 1 N–H and O–H groups in total. The standard InChI is InChI=1S/C14H17F2NO4/c1-9(2)17(7-6-12(18)19)13(20)10-4-3-5-11(8-10)21-14(15)16/h3-5,8-9,14H,6-7H2,1-2H3,(H,18,19). The molecular formula is C14H17F2NO4.